The van der Waals surface area contributed by atoms with Crippen LogP contribution in [-0.4, -0.2) is 64.1 Å². The smallest absolute Gasteiger partial charge is 0.222 e. The summed E-state index contributed by atoms with van der Waals surface area (Å²) in [5, 5.41) is 10.0. The van der Waals surface area contributed by atoms with E-state index in [4.69, 9.17) is 0 Å². The highest BCUT2D eigenvalue weighted by Crippen LogP contribution is 2.42. The highest BCUT2D eigenvalue weighted by molar-refractivity contribution is 5.76. The first-order valence-corrected chi connectivity index (χ1v) is 10.4. The van der Waals surface area contributed by atoms with Crippen molar-refractivity contribution in [1.29, 1.82) is 0 Å². The molecule has 2 aliphatic rings. The zero-order chi connectivity index (χ0) is 19.5. The van der Waals surface area contributed by atoms with Crippen LogP contribution in [0.4, 0.5) is 0 Å². The zero-order valence-corrected chi connectivity index (χ0v) is 16.5. The van der Waals surface area contributed by atoms with E-state index in [0.717, 1.165) is 43.6 Å². The highest BCUT2D eigenvalue weighted by atomic mass is 16.3. The van der Waals surface area contributed by atoms with Gasteiger partial charge in [0.1, 0.15) is 0 Å². The Balaban J connectivity index is 1.57. The van der Waals surface area contributed by atoms with Gasteiger partial charge in [-0.15, -0.1) is 0 Å². The molecule has 0 aliphatic carbocycles. The number of benzene rings is 1. The Kier molecular flexibility index (Phi) is 5.74. The summed E-state index contributed by atoms with van der Waals surface area (Å²) in [6.45, 7) is 4.72. The lowest BCUT2D eigenvalue weighted by molar-refractivity contribution is -0.136. The van der Waals surface area contributed by atoms with Gasteiger partial charge < -0.3 is 10.0 Å². The van der Waals surface area contributed by atoms with E-state index in [-0.39, 0.29) is 30.5 Å². The molecule has 5 nitrogen and oxygen atoms in total. The maximum atomic E-state index is 12.4. The number of nitrogens with zero attached hydrogens (tertiary/aromatic N) is 3. The average Bonchev–Trinajstić information content (AvgIpc) is 2.73. The molecule has 0 radical (unpaired) electrons. The normalized spacial score (nSPS) is 25.4. The maximum absolute atomic E-state index is 12.4. The van der Waals surface area contributed by atoms with Crippen molar-refractivity contribution >= 4 is 5.91 Å². The topological polar surface area (TPSA) is 56.7 Å². The molecule has 1 amide bonds. The van der Waals surface area contributed by atoms with Gasteiger partial charge in [0.25, 0.3) is 0 Å². The Morgan fingerprint density at radius 2 is 1.93 bits per heavy atom. The van der Waals surface area contributed by atoms with Crippen molar-refractivity contribution < 1.29 is 9.90 Å². The Bertz CT molecular complexity index is 793. The van der Waals surface area contributed by atoms with Gasteiger partial charge in [0.2, 0.25) is 5.91 Å². The zero-order valence-electron chi connectivity index (χ0n) is 16.5. The third-order valence-corrected chi connectivity index (χ3v) is 6.32. The van der Waals surface area contributed by atoms with Gasteiger partial charge in [-0.1, -0.05) is 37.3 Å². The van der Waals surface area contributed by atoms with Gasteiger partial charge in [0.15, 0.2) is 0 Å². The lowest BCUT2D eigenvalue weighted by Crippen LogP contribution is -2.67. The molecule has 2 aromatic rings. The minimum absolute atomic E-state index is 0.144. The number of rotatable bonds is 4. The number of fused-ring (bicyclic) bond motifs is 1. The number of aliphatic hydroxyl groups excluding tert-OH is 1. The number of aliphatic hydroxyl groups is 1. The lowest BCUT2D eigenvalue weighted by atomic mass is 9.74. The van der Waals surface area contributed by atoms with Crippen molar-refractivity contribution in [2.24, 2.45) is 0 Å². The number of pyridine rings is 1. The monoisotopic (exact) mass is 379 g/mol. The maximum Gasteiger partial charge on any atom is 0.222 e. The predicted octanol–water partition coefficient (Wildman–Crippen LogP) is 2.91. The number of hydrogen-bond donors (Lipinski definition) is 1. The molecule has 28 heavy (non-hydrogen) atoms. The van der Waals surface area contributed by atoms with Gasteiger partial charge in [-0.05, 0) is 42.1 Å². The molecule has 3 heterocycles. The first kappa shape index (κ1) is 19.1. The largest absolute Gasteiger partial charge is 0.395 e. The number of carbonyl (C=O) groups is 1. The molecule has 4 rings (SSSR count). The summed E-state index contributed by atoms with van der Waals surface area (Å²) in [7, 11) is 0. The molecule has 1 aromatic heterocycles. The summed E-state index contributed by atoms with van der Waals surface area (Å²) in [5.74, 6) is 0.498. The van der Waals surface area contributed by atoms with Crippen molar-refractivity contribution in [2.45, 2.75) is 44.2 Å². The van der Waals surface area contributed by atoms with Crippen molar-refractivity contribution in [2.75, 3.05) is 26.2 Å². The molecular formula is C23H29N3O2. The third kappa shape index (κ3) is 3.56. The van der Waals surface area contributed by atoms with Crippen molar-refractivity contribution in [3.8, 4) is 11.1 Å². The van der Waals surface area contributed by atoms with Gasteiger partial charge >= 0.3 is 0 Å². The molecule has 2 saturated heterocycles. The number of carbonyl (C=O) groups excluding carboxylic acids is 1. The van der Waals surface area contributed by atoms with Crippen LogP contribution in [0, 0.1) is 0 Å². The van der Waals surface area contributed by atoms with E-state index in [1.54, 1.807) is 6.20 Å². The minimum Gasteiger partial charge on any atom is -0.395 e. The highest BCUT2D eigenvalue weighted by Gasteiger charge is 2.49. The Labute approximate surface area is 167 Å². The SMILES string of the molecule is CCC(=O)N1CCCCN2[C@H](CO)[C@@H](c3ccc(-c4cccnc4)cc3)[C@H]2C1. The van der Waals surface area contributed by atoms with E-state index < -0.39 is 0 Å². The van der Waals surface area contributed by atoms with Crippen LogP contribution in [0.2, 0.25) is 0 Å². The standard InChI is InChI=1S/C23H29N3O2/c1-2-22(28)25-12-3-4-13-26-20(15-25)23(21(26)16-27)18-9-7-17(8-10-18)19-6-5-11-24-14-19/h5-11,14,20-21,23,27H,2-4,12-13,15-16H2,1H3/t20-,21-,23+/m1/s1. The molecule has 0 spiro atoms. The summed E-state index contributed by atoms with van der Waals surface area (Å²) in [5.41, 5.74) is 3.50. The second kappa shape index (κ2) is 8.41. The van der Waals surface area contributed by atoms with Gasteiger partial charge in [0, 0.05) is 49.9 Å². The molecule has 2 fully saturated rings. The van der Waals surface area contributed by atoms with Crippen LogP contribution in [0.3, 0.4) is 0 Å². The van der Waals surface area contributed by atoms with Crippen LogP contribution in [0.25, 0.3) is 11.1 Å². The lowest BCUT2D eigenvalue weighted by Gasteiger charge is -2.57. The van der Waals surface area contributed by atoms with Crippen molar-refractivity contribution in [1.82, 2.24) is 14.8 Å². The quantitative estimate of drug-likeness (QED) is 0.887. The van der Waals surface area contributed by atoms with Crippen LogP contribution in [0.1, 0.15) is 37.7 Å². The van der Waals surface area contributed by atoms with E-state index in [1.165, 1.54) is 5.56 Å². The van der Waals surface area contributed by atoms with E-state index in [0.29, 0.717) is 6.42 Å². The number of aromatic nitrogens is 1. The summed E-state index contributed by atoms with van der Waals surface area (Å²) >= 11 is 0. The molecule has 148 valence electrons. The molecule has 1 N–H and O–H groups in total. The predicted molar refractivity (Wildman–Crippen MR) is 110 cm³/mol. The van der Waals surface area contributed by atoms with Crippen LogP contribution in [0.15, 0.2) is 48.8 Å². The molecule has 2 aliphatic heterocycles. The van der Waals surface area contributed by atoms with Crippen LogP contribution < -0.4 is 0 Å². The Morgan fingerprint density at radius 3 is 2.61 bits per heavy atom. The summed E-state index contributed by atoms with van der Waals surface area (Å²) < 4.78 is 0. The van der Waals surface area contributed by atoms with Crippen LogP contribution >= 0.6 is 0 Å². The molecular weight excluding hydrogens is 350 g/mol. The molecule has 0 unspecified atom stereocenters. The Hall–Kier alpha value is -2.24. The van der Waals surface area contributed by atoms with Crippen LogP contribution in [0.5, 0.6) is 0 Å². The van der Waals surface area contributed by atoms with E-state index >= 15 is 0 Å². The van der Waals surface area contributed by atoms with E-state index in [1.807, 2.05) is 24.1 Å². The first-order valence-electron chi connectivity index (χ1n) is 10.4. The number of amides is 1. The fourth-order valence-corrected chi connectivity index (χ4v) is 4.82. The second-order valence-electron chi connectivity index (χ2n) is 7.85. The molecule has 0 bridgehead atoms. The second-order valence-corrected chi connectivity index (χ2v) is 7.85. The van der Waals surface area contributed by atoms with Crippen LogP contribution in [-0.2, 0) is 4.79 Å². The first-order chi connectivity index (χ1) is 13.7. The van der Waals surface area contributed by atoms with Crippen molar-refractivity contribution in [3.05, 3.63) is 54.4 Å². The van der Waals surface area contributed by atoms with Crippen molar-refractivity contribution in [3.63, 3.8) is 0 Å². The Morgan fingerprint density at radius 1 is 1.14 bits per heavy atom. The fourth-order valence-electron chi connectivity index (χ4n) is 4.82. The van der Waals surface area contributed by atoms with Gasteiger partial charge in [-0.2, -0.15) is 0 Å². The average molecular weight is 380 g/mol. The molecule has 0 saturated carbocycles. The number of hydrogen-bond acceptors (Lipinski definition) is 4. The van der Waals surface area contributed by atoms with E-state index in [2.05, 4.69) is 40.2 Å². The summed E-state index contributed by atoms with van der Waals surface area (Å²) in [4.78, 5) is 21.0. The third-order valence-electron chi connectivity index (χ3n) is 6.32. The molecule has 3 atom stereocenters. The summed E-state index contributed by atoms with van der Waals surface area (Å²) in [6, 6.07) is 13.1. The van der Waals surface area contributed by atoms with E-state index in [9.17, 15) is 9.90 Å². The summed E-state index contributed by atoms with van der Waals surface area (Å²) in [6.07, 6.45) is 6.33. The molecule has 1 aromatic carbocycles. The van der Waals surface area contributed by atoms with Gasteiger partial charge in [-0.25, -0.2) is 0 Å². The van der Waals surface area contributed by atoms with Gasteiger partial charge in [-0.3, -0.25) is 14.7 Å². The minimum atomic E-state index is 0.144. The fraction of sp³-hybridized carbons (Fsp3) is 0.478. The molecule has 5 heteroatoms. The van der Waals surface area contributed by atoms with Gasteiger partial charge in [0.05, 0.1) is 6.61 Å².